The first-order valence-corrected chi connectivity index (χ1v) is 9.19. The number of nitrogens with zero attached hydrogens (tertiary/aromatic N) is 3. The number of thioether (sulfide) groups is 2. The average molecular weight is 346 g/mol. The number of carboxylic acids is 1. The minimum atomic E-state index is -0.859. The minimum Gasteiger partial charge on any atom is -0.481 e. The maximum absolute atomic E-state index is 10.8. The summed E-state index contributed by atoms with van der Waals surface area (Å²) in [6.07, 6.45) is 4.58. The highest BCUT2D eigenvalue weighted by atomic mass is 35.5. The van der Waals surface area contributed by atoms with Crippen LogP contribution in [-0.4, -0.2) is 43.4 Å². The van der Waals surface area contributed by atoms with Crippen molar-refractivity contribution in [2.75, 3.05) is 17.8 Å². The summed E-state index contributed by atoms with van der Waals surface area (Å²) in [5.41, 5.74) is 1.46. The fourth-order valence-corrected chi connectivity index (χ4v) is 3.77. The molecule has 0 spiro atoms. The molecule has 8 heteroatoms. The van der Waals surface area contributed by atoms with E-state index >= 15 is 0 Å². The summed E-state index contributed by atoms with van der Waals surface area (Å²) >= 11 is 8.93. The summed E-state index contributed by atoms with van der Waals surface area (Å²) in [6.45, 7) is 2.11. The Morgan fingerprint density at radius 1 is 1.57 bits per heavy atom. The number of rotatable bonds is 7. The third kappa shape index (κ3) is 3.84. The van der Waals surface area contributed by atoms with Crippen molar-refractivity contribution < 1.29 is 9.90 Å². The third-order valence-electron chi connectivity index (χ3n) is 2.98. The number of hydrogen-bond donors (Lipinski definition) is 1. The van der Waals surface area contributed by atoms with Crippen LogP contribution in [0.5, 0.6) is 0 Å². The SMILES string of the molecule is CCC(CSC)n1c(SCC(=O)O)nc2cc(Cl)cnc21. The highest BCUT2D eigenvalue weighted by Crippen LogP contribution is 2.30. The van der Waals surface area contributed by atoms with Gasteiger partial charge in [0.25, 0.3) is 0 Å². The van der Waals surface area contributed by atoms with Crippen LogP contribution in [0.15, 0.2) is 17.4 Å². The fourth-order valence-electron chi connectivity index (χ4n) is 2.06. The molecular formula is C13H16ClN3O2S2. The number of hydrogen-bond acceptors (Lipinski definition) is 5. The Morgan fingerprint density at radius 3 is 2.95 bits per heavy atom. The minimum absolute atomic E-state index is 0.0211. The molecule has 0 bridgehead atoms. The van der Waals surface area contributed by atoms with Gasteiger partial charge in [-0.3, -0.25) is 9.36 Å². The van der Waals surface area contributed by atoms with Crippen LogP contribution in [0, 0.1) is 0 Å². The molecular weight excluding hydrogens is 330 g/mol. The molecule has 1 unspecified atom stereocenters. The van der Waals surface area contributed by atoms with Crippen LogP contribution < -0.4 is 0 Å². The van der Waals surface area contributed by atoms with Gasteiger partial charge in [0.2, 0.25) is 0 Å². The Labute approximate surface area is 136 Å². The van der Waals surface area contributed by atoms with Gasteiger partial charge in [-0.2, -0.15) is 11.8 Å². The zero-order chi connectivity index (χ0) is 15.4. The number of fused-ring (bicyclic) bond motifs is 1. The highest BCUT2D eigenvalue weighted by Gasteiger charge is 2.20. The molecule has 21 heavy (non-hydrogen) atoms. The molecule has 2 aromatic heterocycles. The lowest BCUT2D eigenvalue weighted by Gasteiger charge is -2.18. The Morgan fingerprint density at radius 2 is 2.33 bits per heavy atom. The van der Waals surface area contributed by atoms with Crippen LogP contribution in [0.1, 0.15) is 19.4 Å². The molecule has 0 saturated carbocycles. The van der Waals surface area contributed by atoms with Crippen LogP contribution in [-0.2, 0) is 4.79 Å². The lowest BCUT2D eigenvalue weighted by atomic mass is 10.2. The van der Waals surface area contributed by atoms with Crippen molar-refractivity contribution in [3.05, 3.63) is 17.3 Å². The predicted octanol–water partition coefficient (Wildman–Crippen LogP) is 3.58. The number of halogens is 1. The fraction of sp³-hybridized carbons (Fsp3) is 0.462. The summed E-state index contributed by atoms with van der Waals surface area (Å²) in [5, 5.41) is 10.1. The van der Waals surface area contributed by atoms with Crippen molar-refractivity contribution in [2.45, 2.75) is 24.5 Å². The van der Waals surface area contributed by atoms with Crippen molar-refractivity contribution in [2.24, 2.45) is 0 Å². The number of aliphatic carboxylic acids is 1. The Hall–Kier alpha value is -0.920. The first-order valence-electron chi connectivity index (χ1n) is 6.43. The lowest BCUT2D eigenvalue weighted by Crippen LogP contribution is -2.13. The zero-order valence-corrected chi connectivity index (χ0v) is 14.1. The zero-order valence-electron chi connectivity index (χ0n) is 11.7. The second kappa shape index (κ2) is 7.38. The van der Waals surface area contributed by atoms with Crippen molar-refractivity contribution in [3.63, 3.8) is 0 Å². The summed E-state index contributed by atoms with van der Waals surface area (Å²) in [7, 11) is 0. The number of aromatic nitrogens is 3. The molecule has 0 amide bonds. The van der Waals surface area contributed by atoms with Crippen molar-refractivity contribution >= 4 is 52.3 Å². The van der Waals surface area contributed by atoms with Gasteiger partial charge in [0.05, 0.1) is 10.8 Å². The van der Waals surface area contributed by atoms with Crippen molar-refractivity contribution in [3.8, 4) is 0 Å². The largest absolute Gasteiger partial charge is 0.481 e. The molecule has 114 valence electrons. The molecule has 0 aliphatic heterocycles. The van der Waals surface area contributed by atoms with Gasteiger partial charge in [-0.15, -0.1) is 0 Å². The summed E-state index contributed by atoms with van der Waals surface area (Å²) in [6, 6.07) is 1.99. The number of carboxylic acid groups (broad SMARTS) is 1. The molecule has 1 N–H and O–H groups in total. The van der Waals surface area contributed by atoms with E-state index in [2.05, 4.69) is 23.1 Å². The molecule has 0 aliphatic carbocycles. The van der Waals surface area contributed by atoms with Gasteiger partial charge >= 0.3 is 5.97 Å². The van der Waals surface area contributed by atoms with Crippen molar-refractivity contribution in [1.82, 2.24) is 14.5 Å². The summed E-state index contributed by atoms with van der Waals surface area (Å²) < 4.78 is 2.04. The lowest BCUT2D eigenvalue weighted by molar-refractivity contribution is -0.133. The van der Waals surface area contributed by atoms with Gasteiger partial charge in [-0.1, -0.05) is 30.3 Å². The first kappa shape index (κ1) is 16.5. The van der Waals surface area contributed by atoms with Gasteiger partial charge in [-0.05, 0) is 18.7 Å². The standard InChI is InChI=1S/C13H16ClN3O2S2/c1-3-9(6-20-2)17-12-10(4-8(14)5-15-12)16-13(17)21-7-11(18)19/h4-5,9H,3,6-7H2,1-2H3,(H,18,19). The van der Waals surface area contributed by atoms with Crippen LogP contribution in [0.3, 0.4) is 0 Å². The summed E-state index contributed by atoms with van der Waals surface area (Å²) in [5.74, 6) is 0.0437. The number of imidazole rings is 1. The van der Waals surface area contributed by atoms with E-state index in [0.717, 1.165) is 17.8 Å². The van der Waals surface area contributed by atoms with Gasteiger partial charge in [-0.25, -0.2) is 9.97 Å². The Balaban J connectivity index is 2.50. The molecule has 2 rings (SSSR count). The molecule has 2 aromatic rings. The second-order valence-corrected chi connectivity index (χ2v) is 6.75. The molecule has 2 heterocycles. The third-order valence-corrected chi connectivity index (χ3v) is 4.85. The second-order valence-electron chi connectivity index (χ2n) is 4.46. The van der Waals surface area contributed by atoms with Crippen LogP contribution in [0.4, 0.5) is 0 Å². The van der Waals surface area contributed by atoms with Crippen molar-refractivity contribution in [1.29, 1.82) is 0 Å². The summed E-state index contributed by atoms with van der Waals surface area (Å²) in [4.78, 5) is 19.7. The van der Waals surface area contributed by atoms with Crippen LogP contribution in [0.2, 0.25) is 5.02 Å². The molecule has 5 nitrogen and oxygen atoms in total. The molecule has 0 fully saturated rings. The van der Waals surface area contributed by atoms with E-state index in [1.165, 1.54) is 11.8 Å². The highest BCUT2D eigenvalue weighted by molar-refractivity contribution is 7.99. The smallest absolute Gasteiger partial charge is 0.313 e. The van der Waals surface area contributed by atoms with Crippen LogP contribution in [0.25, 0.3) is 11.2 Å². The molecule has 0 saturated heterocycles. The topological polar surface area (TPSA) is 68.0 Å². The van der Waals surface area contributed by atoms with E-state index in [1.807, 2.05) is 4.57 Å². The van der Waals surface area contributed by atoms with Gasteiger partial charge in [0.1, 0.15) is 5.52 Å². The van der Waals surface area contributed by atoms with E-state index in [-0.39, 0.29) is 11.8 Å². The van der Waals surface area contributed by atoms with E-state index in [9.17, 15) is 4.79 Å². The molecule has 0 aromatic carbocycles. The number of carbonyl (C=O) groups is 1. The molecule has 0 aliphatic rings. The van der Waals surface area contributed by atoms with Gasteiger partial charge in [0.15, 0.2) is 10.8 Å². The van der Waals surface area contributed by atoms with E-state index < -0.39 is 5.97 Å². The quantitative estimate of drug-likeness (QED) is 0.773. The van der Waals surface area contributed by atoms with E-state index in [4.69, 9.17) is 16.7 Å². The Bertz CT molecular complexity index is 648. The van der Waals surface area contributed by atoms with Crippen LogP contribution >= 0.6 is 35.1 Å². The Kier molecular flexibility index (Phi) is 5.78. The van der Waals surface area contributed by atoms with E-state index in [0.29, 0.717) is 15.7 Å². The monoisotopic (exact) mass is 345 g/mol. The maximum Gasteiger partial charge on any atom is 0.313 e. The predicted molar refractivity (Wildman–Crippen MR) is 88.6 cm³/mol. The van der Waals surface area contributed by atoms with E-state index in [1.54, 1.807) is 24.0 Å². The van der Waals surface area contributed by atoms with Gasteiger partial charge < -0.3 is 5.11 Å². The maximum atomic E-state index is 10.8. The normalized spacial score (nSPS) is 12.7. The molecule has 0 radical (unpaired) electrons. The first-order chi connectivity index (χ1) is 10.1. The average Bonchev–Trinajstić information content (AvgIpc) is 2.79. The molecule has 1 atom stereocenters. The van der Waals surface area contributed by atoms with Gasteiger partial charge in [0, 0.05) is 18.0 Å². The number of pyridine rings is 1.